The Hall–Kier alpha value is -2.23. The van der Waals surface area contributed by atoms with Gasteiger partial charge in [-0.2, -0.15) is 0 Å². The predicted octanol–water partition coefficient (Wildman–Crippen LogP) is 4.88. The Balaban J connectivity index is 1.59. The van der Waals surface area contributed by atoms with Gasteiger partial charge in [-0.25, -0.2) is 0 Å². The molecule has 2 heterocycles. The molecule has 1 atom stereocenters. The van der Waals surface area contributed by atoms with Gasteiger partial charge < -0.3 is 14.4 Å². The Morgan fingerprint density at radius 1 is 1.08 bits per heavy atom. The van der Waals surface area contributed by atoms with Crippen LogP contribution in [0.2, 0.25) is 0 Å². The molecule has 4 rings (SSSR count). The third kappa shape index (κ3) is 3.17. The number of hydrogen-bond acceptors (Lipinski definition) is 4. The van der Waals surface area contributed by atoms with Crippen LogP contribution in [0.4, 0.5) is 5.69 Å². The van der Waals surface area contributed by atoms with Gasteiger partial charge in [-0.05, 0) is 61.9 Å². The fourth-order valence-corrected chi connectivity index (χ4v) is 4.06. The first-order chi connectivity index (χ1) is 12.3. The summed E-state index contributed by atoms with van der Waals surface area (Å²) in [5.41, 5.74) is 3.84. The zero-order valence-electron chi connectivity index (χ0n) is 15.1. The van der Waals surface area contributed by atoms with Gasteiger partial charge in [0.1, 0.15) is 0 Å². The zero-order valence-corrected chi connectivity index (χ0v) is 15.1. The second-order valence-corrected chi connectivity index (χ2v) is 7.09. The summed E-state index contributed by atoms with van der Waals surface area (Å²) >= 11 is 0. The molecule has 4 heteroatoms. The maximum atomic E-state index is 6.33. The summed E-state index contributed by atoms with van der Waals surface area (Å²) in [4.78, 5) is 6.69. The number of hydrogen-bond donors (Lipinski definition) is 0. The maximum Gasteiger partial charge on any atom is 0.163 e. The van der Waals surface area contributed by atoms with E-state index in [9.17, 15) is 0 Å². The zero-order chi connectivity index (χ0) is 17.2. The van der Waals surface area contributed by atoms with Gasteiger partial charge in [-0.3, -0.25) is 4.98 Å². The highest BCUT2D eigenvalue weighted by atomic mass is 16.5. The first-order valence-corrected chi connectivity index (χ1v) is 9.30. The molecule has 132 valence electrons. The molecule has 1 aromatic carbocycles. The van der Waals surface area contributed by atoms with E-state index in [0.29, 0.717) is 12.1 Å². The second-order valence-electron chi connectivity index (χ2n) is 7.09. The number of fused-ring (bicyclic) bond motifs is 1. The van der Waals surface area contributed by atoms with Gasteiger partial charge in [-0.1, -0.05) is 6.42 Å². The molecular weight excluding hydrogens is 312 g/mol. The van der Waals surface area contributed by atoms with Gasteiger partial charge in [-0.15, -0.1) is 0 Å². The van der Waals surface area contributed by atoms with E-state index in [1.165, 1.54) is 36.1 Å². The third-order valence-corrected chi connectivity index (χ3v) is 5.53. The Kier molecular flexibility index (Phi) is 4.51. The molecule has 25 heavy (non-hydrogen) atoms. The van der Waals surface area contributed by atoms with Crippen molar-refractivity contribution in [2.75, 3.05) is 12.0 Å². The van der Waals surface area contributed by atoms with Crippen molar-refractivity contribution in [2.24, 2.45) is 0 Å². The van der Waals surface area contributed by atoms with Crippen molar-refractivity contribution in [3.05, 3.63) is 47.8 Å². The molecule has 2 aliphatic rings. The van der Waals surface area contributed by atoms with Gasteiger partial charge in [0.2, 0.25) is 0 Å². The second kappa shape index (κ2) is 6.95. The largest absolute Gasteiger partial charge is 0.493 e. The van der Waals surface area contributed by atoms with Gasteiger partial charge in [0.15, 0.2) is 11.5 Å². The topological polar surface area (TPSA) is 34.6 Å². The first kappa shape index (κ1) is 16.2. The van der Waals surface area contributed by atoms with Crippen molar-refractivity contribution in [3.63, 3.8) is 0 Å². The lowest BCUT2D eigenvalue weighted by molar-refractivity contribution is 0.149. The van der Waals surface area contributed by atoms with Crippen LogP contribution in [0.25, 0.3) is 0 Å². The first-order valence-electron chi connectivity index (χ1n) is 9.30. The van der Waals surface area contributed by atoms with Crippen LogP contribution in [0.1, 0.15) is 56.2 Å². The van der Waals surface area contributed by atoms with Gasteiger partial charge in [0.25, 0.3) is 0 Å². The predicted molar refractivity (Wildman–Crippen MR) is 99.3 cm³/mol. The Bertz CT molecular complexity index is 740. The highest BCUT2D eigenvalue weighted by Crippen LogP contribution is 2.40. The summed E-state index contributed by atoms with van der Waals surface area (Å²) in [6, 6.07) is 8.74. The Morgan fingerprint density at radius 3 is 2.68 bits per heavy atom. The molecule has 1 aliphatic carbocycles. The van der Waals surface area contributed by atoms with Crippen molar-refractivity contribution < 1.29 is 9.47 Å². The van der Waals surface area contributed by atoms with Crippen molar-refractivity contribution >= 4 is 5.69 Å². The summed E-state index contributed by atoms with van der Waals surface area (Å²) in [5.74, 6) is 1.69. The molecule has 1 aliphatic heterocycles. The molecule has 0 radical (unpaired) electrons. The molecule has 2 aromatic rings. The van der Waals surface area contributed by atoms with Crippen LogP contribution in [0.5, 0.6) is 11.5 Å². The minimum atomic E-state index is 0.315. The standard InChI is InChI=1S/C21H26N2O2/c1-15-19-13-22-11-10-16(19)14-23(15)17-8-9-20(24-2)21(12-17)25-18-6-4-3-5-7-18/h8-13,15,18H,3-7,14H2,1-2H3. The summed E-state index contributed by atoms with van der Waals surface area (Å²) in [5, 5.41) is 0. The van der Waals surface area contributed by atoms with E-state index in [-0.39, 0.29) is 0 Å². The smallest absolute Gasteiger partial charge is 0.163 e. The van der Waals surface area contributed by atoms with Gasteiger partial charge in [0, 0.05) is 30.7 Å². The number of pyridine rings is 1. The quantitative estimate of drug-likeness (QED) is 0.795. The van der Waals surface area contributed by atoms with Gasteiger partial charge in [0.05, 0.1) is 19.3 Å². The number of nitrogens with zero attached hydrogens (tertiary/aromatic N) is 2. The molecule has 0 spiro atoms. The fraction of sp³-hybridized carbons (Fsp3) is 0.476. The molecule has 0 bridgehead atoms. The molecular formula is C21H26N2O2. The van der Waals surface area contributed by atoms with Crippen molar-refractivity contribution in [1.82, 2.24) is 4.98 Å². The van der Waals surface area contributed by atoms with Crippen LogP contribution in [0.3, 0.4) is 0 Å². The number of aromatic nitrogens is 1. The fourth-order valence-electron chi connectivity index (χ4n) is 4.06. The lowest BCUT2D eigenvalue weighted by Gasteiger charge is -2.27. The van der Waals surface area contributed by atoms with E-state index >= 15 is 0 Å². The molecule has 1 unspecified atom stereocenters. The molecule has 1 aromatic heterocycles. The van der Waals surface area contributed by atoms with Crippen molar-refractivity contribution in [2.45, 2.75) is 57.7 Å². The summed E-state index contributed by atoms with van der Waals surface area (Å²) in [7, 11) is 1.71. The number of ether oxygens (including phenoxy) is 2. The van der Waals surface area contributed by atoms with Crippen LogP contribution in [-0.2, 0) is 6.54 Å². The van der Waals surface area contributed by atoms with E-state index in [2.05, 4.69) is 35.0 Å². The summed E-state index contributed by atoms with van der Waals surface area (Å²) in [6.45, 7) is 3.15. The number of rotatable bonds is 4. The molecule has 0 saturated heterocycles. The average molecular weight is 338 g/mol. The number of methoxy groups -OCH3 is 1. The molecule has 0 N–H and O–H groups in total. The Morgan fingerprint density at radius 2 is 1.92 bits per heavy atom. The Labute approximate surface area is 149 Å². The molecule has 1 saturated carbocycles. The van der Waals surface area contributed by atoms with Crippen LogP contribution >= 0.6 is 0 Å². The van der Waals surface area contributed by atoms with Gasteiger partial charge >= 0.3 is 0 Å². The summed E-state index contributed by atoms with van der Waals surface area (Å²) < 4.78 is 11.9. The van der Waals surface area contributed by atoms with Crippen LogP contribution in [0, 0.1) is 0 Å². The van der Waals surface area contributed by atoms with E-state index in [0.717, 1.165) is 30.9 Å². The normalized spacial score (nSPS) is 20.4. The van der Waals surface area contributed by atoms with Crippen molar-refractivity contribution in [1.29, 1.82) is 0 Å². The van der Waals surface area contributed by atoms with E-state index < -0.39 is 0 Å². The monoisotopic (exact) mass is 338 g/mol. The average Bonchev–Trinajstić information content (AvgIpc) is 3.00. The summed E-state index contributed by atoms with van der Waals surface area (Å²) in [6.07, 6.45) is 10.3. The van der Waals surface area contributed by atoms with Crippen molar-refractivity contribution in [3.8, 4) is 11.5 Å². The molecule has 0 amide bonds. The van der Waals surface area contributed by atoms with Crippen LogP contribution < -0.4 is 14.4 Å². The minimum absolute atomic E-state index is 0.315. The minimum Gasteiger partial charge on any atom is -0.493 e. The highest BCUT2D eigenvalue weighted by Gasteiger charge is 2.28. The van der Waals surface area contributed by atoms with E-state index in [1.54, 1.807) is 7.11 Å². The number of anilines is 1. The van der Waals surface area contributed by atoms with E-state index in [4.69, 9.17) is 9.47 Å². The number of benzene rings is 1. The van der Waals surface area contributed by atoms with Crippen LogP contribution in [-0.4, -0.2) is 18.2 Å². The SMILES string of the molecule is COc1ccc(N2Cc3ccncc3C2C)cc1OC1CCCCC1. The lowest BCUT2D eigenvalue weighted by Crippen LogP contribution is -2.21. The lowest BCUT2D eigenvalue weighted by atomic mass is 9.98. The van der Waals surface area contributed by atoms with Crippen LogP contribution in [0.15, 0.2) is 36.7 Å². The van der Waals surface area contributed by atoms with E-state index in [1.807, 2.05) is 18.5 Å². The molecule has 1 fully saturated rings. The molecule has 4 nitrogen and oxygen atoms in total. The highest BCUT2D eigenvalue weighted by molar-refractivity contribution is 5.60. The third-order valence-electron chi connectivity index (χ3n) is 5.53. The maximum absolute atomic E-state index is 6.33.